The first kappa shape index (κ1) is 15.2. The predicted molar refractivity (Wildman–Crippen MR) is 82.7 cm³/mol. The maximum Gasteiger partial charge on any atom is 0.146 e. The van der Waals surface area contributed by atoms with Gasteiger partial charge in [-0.25, -0.2) is 4.39 Å². The van der Waals surface area contributed by atoms with Crippen molar-refractivity contribution in [2.24, 2.45) is 0 Å². The number of anilines is 1. The second-order valence-electron chi connectivity index (χ2n) is 4.91. The van der Waals surface area contributed by atoms with Crippen LogP contribution in [-0.2, 0) is 6.42 Å². The number of hydrogen-bond donors (Lipinski definition) is 1. The molecule has 0 aliphatic heterocycles. The molecule has 0 bridgehead atoms. The van der Waals surface area contributed by atoms with Crippen molar-refractivity contribution < 1.29 is 13.9 Å². The van der Waals surface area contributed by atoms with E-state index in [-0.39, 0.29) is 11.9 Å². The molecule has 112 valence electrons. The molecule has 0 heterocycles. The van der Waals surface area contributed by atoms with E-state index in [1.54, 1.807) is 26.4 Å². The number of halogens is 1. The molecule has 0 aliphatic carbocycles. The van der Waals surface area contributed by atoms with Gasteiger partial charge in [0.05, 0.1) is 19.9 Å². The summed E-state index contributed by atoms with van der Waals surface area (Å²) in [5.41, 5.74) is 1.53. The van der Waals surface area contributed by atoms with Gasteiger partial charge in [-0.1, -0.05) is 18.2 Å². The summed E-state index contributed by atoms with van der Waals surface area (Å²) in [4.78, 5) is 0. The quantitative estimate of drug-likeness (QED) is 0.875. The number of methoxy groups -OCH3 is 2. The molecule has 0 aliphatic rings. The van der Waals surface area contributed by atoms with Gasteiger partial charge < -0.3 is 14.8 Å². The monoisotopic (exact) mass is 289 g/mol. The van der Waals surface area contributed by atoms with Gasteiger partial charge in [-0.05, 0) is 37.1 Å². The minimum atomic E-state index is -0.289. The zero-order valence-electron chi connectivity index (χ0n) is 12.5. The van der Waals surface area contributed by atoms with E-state index in [0.717, 1.165) is 17.7 Å². The Morgan fingerprint density at radius 1 is 1.10 bits per heavy atom. The van der Waals surface area contributed by atoms with Crippen molar-refractivity contribution in [3.05, 3.63) is 53.8 Å². The number of ether oxygens (including phenoxy) is 2. The molecule has 1 unspecified atom stereocenters. The molecule has 0 saturated carbocycles. The molecule has 0 radical (unpaired) electrons. The van der Waals surface area contributed by atoms with Crippen LogP contribution < -0.4 is 14.8 Å². The van der Waals surface area contributed by atoms with E-state index in [4.69, 9.17) is 9.47 Å². The largest absolute Gasteiger partial charge is 0.497 e. The van der Waals surface area contributed by atoms with E-state index in [9.17, 15) is 4.39 Å². The summed E-state index contributed by atoms with van der Waals surface area (Å²) >= 11 is 0. The van der Waals surface area contributed by atoms with Crippen LogP contribution >= 0.6 is 0 Å². The summed E-state index contributed by atoms with van der Waals surface area (Å²) in [6, 6.07) is 12.6. The molecule has 0 aromatic heterocycles. The zero-order valence-corrected chi connectivity index (χ0v) is 12.5. The van der Waals surface area contributed by atoms with Crippen molar-refractivity contribution in [1.82, 2.24) is 0 Å². The van der Waals surface area contributed by atoms with Crippen LogP contribution in [0.1, 0.15) is 12.5 Å². The van der Waals surface area contributed by atoms with E-state index in [1.807, 2.05) is 31.2 Å². The van der Waals surface area contributed by atoms with Gasteiger partial charge in [0, 0.05) is 12.1 Å². The van der Waals surface area contributed by atoms with Crippen LogP contribution in [0.3, 0.4) is 0 Å². The Hall–Kier alpha value is -2.23. The highest BCUT2D eigenvalue weighted by molar-refractivity contribution is 5.50. The molecule has 2 aromatic rings. The normalized spacial score (nSPS) is 11.8. The standard InChI is InChI=1S/C17H20FNO2/c1-12(10-13-6-4-5-7-17(13)21-3)19-16-11-14(20-2)8-9-15(16)18/h4-9,11-12,19H,10H2,1-3H3. The first-order chi connectivity index (χ1) is 10.1. The second-order valence-corrected chi connectivity index (χ2v) is 4.91. The smallest absolute Gasteiger partial charge is 0.146 e. The molecular weight excluding hydrogens is 269 g/mol. The van der Waals surface area contributed by atoms with Crippen LogP contribution in [0, 0.1) is 5.82 Å². The fourth-order valence-electron chi connectivity index (χ4n) is 2.26. The van der Waals surface area contributed by atoms with Crippen molar-refractivity contribution in [3.63, 3.8) is 0 Å². The number of rotatable bonds is 6. The van der Waals surface area contributed by atoms with E-state index in [0.29, 0.717) is 11.4 Å². The van der Waals surface area contributed by atoms with Gasteiger partial charge in [-0.15, -0.1) is 0 Å². The lowest BCUT2D eigenvalue weighted by Gasteiger charge is -2.18. The molecule has 2 aromatic carbocycles. The first-order valence-electron chi connectivity index (χ1n) is 6.86. The van der Waals surface area contributed by atoms with E-state index < -0.39 is 0 Å². The van der Waals surface area contributed by atoms with Crippen molar-refractivity contribution in [2.75, 3.05) is 19.5 Å². The van der Waals surface area contributed by atoms with Gasteiger partial charge >= 0.3 is 0 Å². The number of para-hydroxylation sites is 1. The van der Waals surface area contributed by atoms with Crippen molar-refractivity contribution >= 4 is 5.69 Å². The molecule has 1 N–H and O–H groups in total. The van der Waals surface area contributed by atoms with E-state index in [1.165, 1.54) is 6.07 Å². The third kappa shape index (κ3) is 3.88. The molecule has 0 spiro atoms. The number of hydrogen-bond acceptors (Lipinski definition) is 3. The van der Waals surface area contributed by atoms with Crippen molar-refractivity contribution in [2.45, 2.75) is 19.4 Å². The van der Waals surface area contributed by atoms with Crippen molar-refractivity contribution in [3.8, 4) is 11.5 Å². The van der Waals surface area contributed by atoms with Gasteiger partial charge in [0.25, 0.3) is 0 Å². The molecule has 4 heteroatoms. The second kappa shape index (κ2) is 6.97. The van der Waals surface area contributed by atoms with Crippen LogP contribution in [0.5, 0.6) is 11.5 Å². The highest BCUT2D eigenvalue weighted by atomic mass is 19.1. The Morgan fingerprint density at radius 2 is 1.86 bits per heavy atom. The van der Waals surface area contributed by atoms with Crippen LogP contribution in [0.15, 0.2) is 42.5 Å². The SMILES string of the molecule is COc1ccc(F)c(NC(C)Cc2ccccc2OC)c1. The number of nitrogens with one attached hydrogen (secondary N) is 1. The average molecular weight is 289 g/mol. The van der Waals surface area contributed by atoms with E-state index in [2.05, 4.69) is 5.32 Å². The van der Waals surface area contributed by atoms with Gasteiger partial charge in [0.15, 0.2) is 0 Å². The summed E-state index contributed by atoms with van der Waals surface area (Å²) < 4.78 is 24.3. The van der Waals surface area contributed by atoms with Crippen molar-refractivity contribution in [1.29, 1.82) is 0 Å². The van der Waals surface area contributed by atoms with Gasteiger partial charge in [-0.2, -0.15) is 0 Å². The first-order valence-corrected chi connectivity index (χ1v) is 6.86. The van der Waals surface area contributed by atoms with Crippen LogP contribution in [0.25, 0.3) is 0 Å². The Bertz CT molecular complexity index is 601. The summed E-state index contributed by atoms with van der Waals surface area (Å²) in [6.07, 6.45) is 0.737. The lowest BCUT2D eigenvalue weighted by Crippen LogP contribution is -2.19. The minimum absolute atomic E-state index is 0.0582. The Kier molecular flexibility index (Phi) is 5.04. The van der Waals surface area contributed by atoms with Crippen LogP contribution in [0.2, 0.25) is 0 Å². The van der Waals surface area contributed by atoms with Gasteiger partial charge in [0.2, 0.25) is 0 Å². The minimum Gasteiger partial charge on any atom is -0.497 e. The maximum atomic E-state index is 13.8. The molecule has 0 saturated heterocycles. The van der Waals surface area contributed by atoms with Gasteiger partial charge in [-0.3, -0.25) is 0 Å². The molecule has 0 amide bonds. The topological polar surface area (TPSA) is 30.5 Å². The lowest BCUT2D eigenvalue weighted by atomic mass is 10.1. The van der Waals surface area contributed by atoms with E-state index >= 15 is 0 Å². The fourth-order valence-corrected chi connectivity index (χ4v) is 2.26. The van der Waals surface area contributed by atoms with Gasteiger partial charge in [0.1, 0.15) is 17.3 Å². The zero-order chi connectivity index (χ0) is 15.2. The average Bonchev–Trinajstić information content (AvgIpc) is 2.50. The molecule has 21 heavy (non-hydrogen) atoms. The number of benzene rings is 2. The predicted octanol–water partition coefficient (Wildman–Crippen LogP) is 3.89. The Morgan fingerprint density at radius 3 is 2.57 bits per heavy atom. The molecule has 0 fully saturated rings. The third-order valence-electron chi connectivity index (χ3n) is 3.29. The molecule has 3 nitrogen and oxygen atoms in total. The Labute approximate surface area is 124 Å². The summed E-state index contributed by atoms with van der Waals surface area (Å²) in [5, 5.41) is 3.17. The third-order valence-corrected chi connectivity index (χ3v) is 3.29. The fraction of sp³-hybridized carbons (Fsp3) is 0.294. The molecule has 1 atom stereocenters. The molecule has 2 rings (SSSR count). The highest BCUT2D eigenvalue weighted by Gasteiger charge is 2.11. The highest BCUT2D eigenvalue weighted by Crippen LogP contribution is 2.24. The summed E-state index contributed by atoms with van der Waals surface area (Å²) in [5.74, 6) is 1.18. The summed E-state index contributed by atoms with van der Waals surface area (Å²) in [7, 11) is 3.22. The Balaban J connectivity index is 2.09. The lowest BCUT2D eigenvalue weighted by molar-refractivity contribution is 0.408. The van der Waals surface area contributed by atoms with Crippen LogP contribution in [-0.4, -0.2) is 20.3 Å². The van der Waals surface area contributed by atoms with Crippen LogP contribution in [0.4, 0.5) is 10.1 Å². The molecular formula is C17H20FNO2. The summed E-state index contributed by atoms with van der Waals surface area (Å²) in [6.45, 7) is 2.01. The maximum absolute atomic E-state index is 13.8.